The predicted octanol–water partition coefficient (Wildman–Crippen LogP) is 5.17. The van der Waals surface area contributed by atoms with Gasteiger partial charge >= 0.3 is 0 Å². The van der Waals surface area contributed by atoms with Crippen LogP contribution in [-0.2, 0) is 7.05 Å². The van der Waals surface area contributed by atoms with Crippen molar-refractivity contribution < 1.29 is 9.52 Å². The van der Waals surface area contributed by atoms with Crippen molar-refractivity contribution in [1.29, 1.82) is 0 Å². The second kappa shape index (κ2) is 8.68. The lowest BCUT2D eigenvalue weighted by Gasteiger charge is -2.31. The number of rotatable bonds is 5. The van der Waals surface area contributed by atoms with Gasteiger partial charge in [-0.15, -0.1) is 0 Å². The minimum atomic E-state index is -0.605. The molecule has 0 radical (unpaired) electrons. The Morgan fingerprint density at radius 1 is 0.971 bits per heavy atom. The van der Waals surface area contributed by atoms with E-state index in [1.807, 2.05) is 78.7 Å². The summed E-state index contributed by atoms with van der Waals surface area (Å²) in [5.74, 6) is -0.121. The number of para-hydroxylation sites is 2. The highest BCUT2D eigenvalue weighted by atomic mass is 35.5. The zero-order valence-corrected chi connectivity index (χ0v) is 19.3. The van der Waals surface area contributed by atoms with Crippen molar-refractivity contribution in [3.05, 3.63) is 105 Å². The molecule has 170 valence electrons. The Morgan fingerprint density at radius 3 is 2.41 bits per heavy atom. The lowest BCUT2D eigenvalue weighted by atomic mass is 9.97. The average molecular weight is 473 g/mol. The van der Waals surface area contributed by atoms with Crippen molar-refractivity contribution in [3.63, 3.8) is 0 Å². The summed E-state index contributed by atoms with van der Waals surface area (Å²) in [7, 11) is 3.41. The van der Waals surface area contributed by atoms with Crippen LogP contribution < -0.4 is 10.5 Å². The first-order valence-electron chi connectivity index (χ1n) is 10.6. The largest absolute Gasteiger partial charge is 0.501 e. The molecule has 0 bridgehead atoms. The van der Waals surface area contributed by atoms with Gasteiger partial charge in [0.15, 0.2) is 11.3 Å². The SMILES string of the molecule is CN(c1nc(-c2nc3ccccc3o2)c(O)c(=O)n1C)C(c1ccccc1)c1cccc(Cl)c1. The summed E-state index contributed by atoms with van der Waals surface area (Å²) >= 11 is 6.31. The summed E-state index contributed by atoms with van der Waals surface area (Å²) in [5.41, 5.74) is 2.43. The Bertz CT molecular complexity index is 1510. The minimum Gasteiger partial charge on any atom is -0.501 e. The molecule has 2 aromatic heterocycles. The second-order valence-electron chi connectivity index (χ2n) is 7.94. The van der Waals surface area contributed by atoms with Gasteiger partial charge in [0.05, 0.1) is 6.04 Å². The summed E-state index contributed by atoms with van der Waals surface area (Å²) in [6.45, 7) is 0. The molecule has 5 aromatic rings. The number of aromatic hydroxyl groups is 1. The van der Waals surface area contributed by atoms with Gasteiger partial charge in [0.25, 0.3) is 11.4 Å². The number of hydrogen-bond donors (Lipinski definition) is 1. The van der Waals surface area contributed by atoms with Crippen LogP contribution in [0.5, 0.6) is 5.75 Å². The third-order valence-electron chi connectivity index (χ3n) is 5.72. The molecule has 0 saturated heterocycles. The second-order valence-corrected chi connectivity index (χ2v) is 8.38. The van der Waals surface area contributed by atoms with Gasteiger partial charge < -0.3 is 14.4 Å². The van der Waals surface area contributed by atoms with Gasteiger partial charge in [-0.2, -0.15) is 0 Å². The molecular weight excluding hydrogens is 452 g/mol. The molecule has 0 aliphatic carbocycles. The van der Waals surface area contributed by atoms with Gasteiger partial charge in [-0.05, 0) is 35.4 Å². The summed E-state index contributed by atoms with van der Waals surface area (Å²) in [6.07, 6.45) is 0. The molecule has 1 unspecified atom stereocenters. The zero-order chi connectivity index (χ0) is 23.8. The van der Waals surface area contributed by atoms with E-state index >= 15 is 0 Å². The lowest BCUT2D eigenvalue weighted by molar-refractivity contribution is 0.455. The monoisotopic (exact) mass is 472 g/mol. The number of fused-ring (bicyclic) bond motifs is 1. The normalized spacial score (nSPS) is 12.1. The molecule has 0 fully saturated rings. The smallest absolute Gasteiger partial charge is 0.297 e. The topological polar surface area (TPSA) is 84.4 Å². The van der Waals surface area contributed by atoms with Crippen molar-refractivity contribution >= 4 is 28.6 Å². The third-order valence-corrected chi connectivity index (χ3v) is 5.96. The molecule has 5 rings (SSSR count). The van der Waals surface area contributed by atoms with E-state index < -0.39 is 11.3 Å². The standard InChI is InChI=1S/C26H21ClN4O3/c1-30(22(16-9-4-3-5-10-16)17-11-8-12-18(27)15-17)26-29-21(23(32)25(33)31(26)2)24-28-19-13-6-7-14-20(19)34-24/h3-15,22,32H,1-2H3. The maximum absolute atomic E-state index is 13.0. The Labute approximate surface area is 200 Å². The fraction of sp³-hybridized carbons (Fsp3) is 0.115. The van der Waals surface area contributed by atoms with E-state index in [4.69, 9.17) is 16.0 Å². The number of halogens is 1. The maximum atomic E-state index is 13.0. The fourth-order valence-corrected chi connectivity index (χ4v) is 4.28. The van der Waals surface area contributed by atoms with Crippen molar-refractivity contribution in [2.45, 2.75) is 6.04 Å². The van der Waals surface area contributed by atoms with Crippen LogP contribution in [0.1, 0.15) is 17.2 Å². The molecule has 3 aromatic carbocycles. The molecule has 7 nitrogen and oxygen atoms in total. The summed E-state index contributed by atoms with van der Waals surface area (Å²) in [5, 5.41) is 11.2. The van der Waals surface area contributed by atoms with Crippen molar-refractivity contribution in [2.24, 2.45) is 7.05 Å². The van der Waals surface area contributed by atoms with Crippen molar-refractivity contribution in [3.8, 4) is 17.3 Å². The molecule has 1 N–H and O–H groups in total. The van der Waals surface area contributed by atoms with Crippen LogP contribution in [0, 0.1) is 0 Å². The van der Waals surface area contributed by atoms with Crippen LogP contribution in [0.3, 0.4) is 0 Å². The first kappa shape index (κ1) is 21.7. The number of nitrogens with zero attached hydrogens (tertiary/aromatic N) is 4. The van der Waals surface area contributed by atoms with Crippen molar-refractivity contribution in [2.75, 3.05) is 11.9 Å². The van der Waals surface area contributed by atoms with E-state index in [2.05, 4.69) is 9.97 Å². The number of hydrogen-bond acceptors (Lipinski definition) is 6. The molecule has 2 heterocycles. The minimum absolute atomic E-state index is 0.0148. The Balaban J connectivity index is 1.69. The van der Waals surface area contributed by atoms with E-state index in [1.165, 1.54) is 4.57 Å². The number of anilines is 1. The number of benzene rings is 3. The molecule has 0 amide bonds. The Morgan fingerprint density at radius 2 is 1.68 bits per heavy atom. The number of aromatic nitrogens is 3. The van der Waals surface area contributed by atoms with Gasteiger partial charge in [0.2, 0.25) is 11.7 Å². The molecule has 34 heavy (non-hydrogen) atoms. The Kier molecular flexibility index (Phi) is 5.55. The summed E-state index contributed by atoms with van der Waals surface area (Å²) in [6, 6.07) is 24.3. The lowest BCUT2D eigenvalue weighted by Crippen LogP contribution is -2.32. The first-order valence-corrected chi connectivity index (χ1v) is 11.0. The average Bonchev–Trinajstić information content (AvgIpc) is 3.27. The van der Waals surface area contributed by atoms with Gasteiger partial charge in [0.1, 0.15) is 5.52 Å². The highest BCUT2D eigenvalue weighted by molar-refractivity contribution is 6.30. The molecular formula is C26H21ClN4O3. The van der Waals surface area contributed by atoms with E-state index in [1.54, 1.807) is 19.2 Å². The van der Waals surface area contributed by atoms with Crippen LogP contribution in [0.4, 0.5) is 5.95 Å². The maximum Gasteiger partial charge on any atom is 0.297 e. The predicted molar refractivity (Wildman–Crippen MR) is 132 cm³/mol. The molecule has 0 saturated carbocycles. The van der Waals surface area contributed by atoms with Crippen LogP contribution in [-0.4, -0.2) is 26.7 Å². The molecule has 8 heteroatoms. The van der Waals surface area contributed by atoms with Crippen LogP contribution in [0.25, 0.3) is 22.7 Å². The zero-order valence-electron chi connectivity index (χ0n) is 18.5. The third kappa shape index (κ3) is 3.80. The van der Waals surface area contributed by atoms with Crippen LogP contribution in [0.15, 0.2) is 88.1 Å². The highest BCUT2D eigenvalue weighted by Gasteiger charge is 2.27. The van der Waals surface area contributed by atoms with E-state index in [-0.39, 0.29) is 17.6 Å². The van der Waals surface area contributed by atoms with Gasteiger partial charge in [0, 0.05) is 19.1 Å². The van der Waals surface area contributed by atoms with Crippen LogP contribution in [0.2, 0.25) is 5.02 Å². The van der Waals surface area contributed by atoms with E-state index in [0.29, 0.717) is 22.1 Å². The van der Waals surface area contributed by atoms with Gasteiger partial charge in [-0.1, -0.05) is 66.2 Å². The first-order chi connectivity index (χ1) is 16.4. The molecule has 1 atom stereocenters. The summed E-state index contributed by atoms with van der Waals surface area (Å²) in [4.78, 5) is 23.9. The van der Waals surface area contributed by atoms with Gasteiger partial charge in [-0.3, -0.25) is 9.36 Å². The Hall–Kier alpha value is -4.10. The van der Waals surface area contributed by atoms with Crippen LogP contribution >= 0.6 is 11.6 Å². The van der Waals surface area contributed by atoms with E-state index in [9.17, 15) is 9.90 Å². The summed E-state index contributed by atoms with van der Waals surface area (Å²) < 4.78 is 7.10. The van der Waals surface area contributed by atoms with Crippen molar-refractivity contribution in [1.82, 2.24) is 14.5 Å². The number of oxazole rings is 1. The molecule has 0 aliphatic heterocycles. The highest BCUT2D eigenvalue weighted by Crippen LogP contribution is 2.34. The molecule has 0 spiro atoms. The van der Waals surface area contributed by atoms with Gasteiger partial charge in [-0.25, -0.2) is 9.97 Å². The quantitative estimate of drug-likeness (QED) is 0.379. The molecule has 0 aliphatic rings. The van der Waals surface area contributed by atoms with E-state index in [0.717, 1.165) is 11.1 Å². The fourth-order valence-electron chi connectivity index (χ4n) is 4.08.